The molecule has 3 aromatic carbocycles. The molecule has 5 nitrogen and oxygen atoms in total. The molecule has 4 rings (SSSR count). The maximum Gasteiger partial charge on any atom is 0.338 e. The number of Topliss-reactive ketones (excluding diaryl/α,β-unsaturated/α-hetero) is 1. The normalized spacial score (nSPS) is 12.5. The van der Waals surface area contributed by atoms with Crippen molar-refractivity contribution in [1.82, 2.24) is 0 Å². The monoisotopic (exact) mass is 425 g/mol. The highest BCUT2D eigenvalue weighted by Crippen LogP contribution is 2.30. The second-order valence-electron chi connectivity index (χ2n) is 7.47. The molecule has 32 heavy (non-hydrogen) atoms. The second-order valence-corrected chi connectivity index (χ2v) is 7.47. The molecule has 0 saturated carbocycles. The molecule has 0 fully saturated rings. The zero-order valence-corrected chi connectivity index (χ0v) is 17.5. The number of nitrogens with two attached hydrogens (primary N) is 1. The molecule has 1 aliphatic carbocycles. The zero-order valence-electron chi connectivity index (χ0n) is 17.5. The van der Waals surface area contributed by atoms with Gasteiger partial charge in [0.2, 0.25) is 0 Å². The SMILES string of the molecule is C=CCOC(=O)c1cccc(COc2ccc3c(c2)CC=C(c2ccc(N)cc2)C3=O)c1. The Hall–Kier alpha value is -4.12. The Labute approximate surface area is 186 Å². The first-order valence-electron chi connectivity index (χ1n) is 10.3. The van der Waals surface area contributed by atoms with Gasteiger partial charge in [0.1, 0.15) is 19.0 Å². The molecule has 0 spiro atoms. The molecule has 3 aromatic rings. The van der Waals surface area contributed by atoms with Crippen molar-refractivity contribution in [3.63, 3.8) is 0 Å². The lowest BCUT2D eigenvalue weighted by Gasteiger charge is -2.17. The van der Waals surface area contributed by atoms with E-state index < -0.39 is 5.97 Å². The first-order valence-corrected chi connectivity index (χ1v) is 10.3. The van der Waals surface area contributed by atoms with Gasteiger partial charge in [0.05, 0.1) is 5.56 Å². The number of esters is 1. The van der Waals surface area contributed by atoms with E-state index in [2.05, 4.69) is 6.58 Å². The van der Waals surface area contributed by atoms with Gasteiger partial charge in [-0.2, -0.15) is 0 Å². The van der Waals surface area contributed by atoms with E-state index in [9.17, 15) is 9.59 Å². The van der Waals surface area contributed by atoms with Crippen molar-refractivity contribution in [1.29, 1.82) is 0 Å². The van der Waals surface area contributed by atoms with Crippen LogP contribution in [0.3, 0.4) is 0 Å². The van der Waals surface area contributed by atoms with Gasteiger partial charge in [-0.25, -0.2) is 4.79 Å². The Morgan fingerprint density at radius 2 is 1.88 bits per heavy atom. The van der Waals surface area contributed by atoms with Crippen LogP contribution in [0.2, 0.25) is 0 Å². The summed E-state index contributed by atoms with van der Waals surface area (Å²) >= 11 is 0. The second kappa shape index (κ2) is 9.35. The lowest BCUT2D eigenvalue weighted by atomic mass is 9.87. The van der Waals surface area contributed by atoms with Gasteiger partial charge in [-0.05, 0) is 65.6 Å². The number of anilines is 1. The number of ether oxygens (including phenoxy) is 2. The van der Waals surface area contributed by atoms with Crippen molar-refractivity contribution in [3.05, 3.63) is 113 Å². The van der Waals surface area contributed by atoms with Crippen LogP contribution in [0.4, 0.5) is 5.69 Å². The predicted molar refractivity (Wildman–Crippen MR) is 125 cm³/mol. The summed E-state index contributed by atoms with van der Waals surface area (Å²) in [4.78, 5) is 25.0. The molecule has 0 radical (unpaired) electrons. The van der Waals surface area contributed by atoms with Crippen LogP contribution in [0.1, 0.15) is 37.4 Å². The molecule has 0 aliphatic heterocycles. The lowest BCUT2D eigenvalue weighted by Crippen LogP contribution is -2.12. The van der Waals surface area contributed by atoms with Crippen LogP contribution in [0.15, 0.2) is 85.5 Å². The van der Waals surface area contributed by atoms with E-state index in [1.54, 1.807) is 42.5 Å². The standard InChI is InChI=1S/C27H23NO4/c1-2-14-31-27(30)21-5-3-4-18(15-21)17-32-23-11-13-25-20(16-23)8-12-24(26(25)29)19-6-9-22(28)10-7-19/h2-7,9-13,15-16H,1,8,14,17,28H2. The molecule has 0 amide bonds. The van der Waals surface area contributed by atoms with Crippen LogP contribution in [0.25, 0.3) is 5.57 Å². The van der Waals surface area contributed by atoms with Crippen LogP contribution < -0.4 is 10.5 Å². The molecule has 0 unspecified atom stereocenters. The number of benzene rings is 3. The summed E-state index contributed by atoms with van der Waals surface area (Å²) in [6.45, 7) is 4.00. The minimum Gasteiger partial charge on any atom is -0.489 e. The largest absolute Gasteiger partial charge is 0.489 e. The highest BCUT2D eigenvalue weighted by molar-refractivity contribution is 6.30. The van der Waals surface area contributed by atoms with Gasteiger partial charge < -0.3 is 15.2 Å². The third kappa shape index (κ3) is 4.62. The van der Waals surface area contributed by atoms with Gasteiger partial charge in [-0.15, -0.1) is 0 Å². The van der Waals surface area contributed by atoms with Crippen LogP contribution in [0, 0.1) is 0 Å². The van der Waals surface area contributed by atoms with Crippen molar-refractivity contribution >= 4 is 23.0 Å². The molecule has 160 valence electrons. The first-order chi connectivity index (χ1) is 15.5. The van der Waals surface area contributed by atoms with Crippen LogP contribution in [-0.4, -0.2) is 18.4 Å². The molecule has 0 atom stereocenters. The van der Waals surface area contributed by atoms with Gasteiger partial charge in [-0.3, -0.25) is 4.79 Å². The highest BCUT2D eigenvalue weighted by Gasteiger charge is 2.22. The van der Waals surface area contributed by atoms with E-state index in [0.717, 1.165) is 16.7 Å². The zero-order chi connectivity index (χ0) is 22.5. The number of ketones is 1. The van der Waals surface area contributed by atoms with Crippen molar-refractivity contribution in [2.24, 2.45) is 0 Å². The Kier molecular flexibility index (Phi) is 6.17. The van der Waals surface area contributed by atoms with Gasteiger partial charge >= 0.3 is 5.97 Å². The van der Waals surface area contributed by atoms with Gasteiger partial charge in [0, 0.05) is 16.8 Å². The Morgan fingerprint density at radius 3 is 2.66 bits per heavy atom. The van der Waals surface area contributed by atoms with E-state index in [1.165, 1.54) is 6.08 Å². The number of carbonyl (C=O) groups excluding carboxylic acids is 2. The number of rotatable bonds is 7. The summed E-state index contributed by atoms with van der Waals surface area (Å²) in [5.74, 6) is 0.261. The van der Waals surface area contributed by atoms with Crippen molar-refractivity contribution in [2.45, 2.75) is 13.0 Å². The molecular formula is C27H23NO4. The number of carbonyl (C=O) groups is 2. The number of allylic oxidation sites excluding steroid dienone is 2. The van der Waals surface area contributed by atoms with Crippen LogP contribution in [0.5, 0.6) is 5.75 Å². The Morgan fingerprint density at radius 1 is 1.06 bits per heavy atom. The number of fused-ring (bicyclic) bond motifs is 1. The average molecular weight is 425 g/mol. The molecular weight excluding hydrogens is 402 g/mol. The average Bonchev–Trinajstić information content (AvgIpc) is 2.82. The van der Waals surface area contributed by atoms with Crippen molar-refractivity contribution in [3.8, 4) is 5.75 Å². The minimum absolute atomic E-state index is 0.00620. The smallest absolute Gasteiger partial charge is 0.338 e. The topological polar surface area (TPSA) is 78.6 Å². The summed E-state index contributed by atoms with van der Waals surface area (Å²) in [6, 6.07) is 19.9. The Bertz CT molecular complexity index is 1210. The number of hydrogen-bond acceptors (Lipinski definition) is 5. The van der Waals surface area contributed by atoms with E-state index in [-0.39, 0.29) is 12.4 Å². The molecule has 0 aromatic heterocycles. The molecule has 5 heteroatoms. The molecule has 0 saturated heterocycles. The van der Waals surface area contributed by atoms with Gasteiger partial charge in [0.15, 0.2) is 5.78 Å². The molecule has 2 N–H and O–H groups in total. The summed E-state index contributed by atoms with van der Waals surface area (Å²) in [5.41, 5.74) is 10.9. The summed E-state index contributed by atoms with van der Waals surface area (Å²) in [5, 5.41) is 0. The fraction of sp³-hybridized carbons (Fsp3) is 0.111. The first kappa shape index (κ1) is 21.1. The molecule has 1 aliphatic rings. The number of nitrogen functional groups attached to an aromatic ring is 1. The third-order valence-electron chi connectivity index (χ3n) is 5.21. The maximum atomic E-state index is 13.0. The number of hydrogen-bond donors (Lipinski definition) is 1. The quantitative estimate of drug-likeness (QED) is 0.327. The highest BCUT2D eigenvalue weighted by atomic mass is 16.5. The van der Waals surface area contributed by atoms with Crippen LogP contribution >= 0.6 is 0 Å². The molecule has 0 heterocycles. The van der Waals surface area contributed by atoms with Crippen LogP contribution in [-0.2, 0) is 17.8 Å². The van der Waals surface area contributed by atoms with Gasteiger partial charge in [-0.1, -0.05) is 43.0 Å². The Balaban J connectivity index is 1.45. The lowest BCUT2D eigenvalue weighted by molar-refractivity contribution is 0.0549. The van der Waals surface area contributed by atoms with E-state index in [4.69, 9.17) is 15.2 Å². The van der Waals surface area contributed by atoms with Gasteiger partial charge in [0.25, 0.3) is 0 Å². The predicted octanol–water partition coefficient (Wildman–Crippen LogP) is 5.01. The maximum absolute atomic E-state index is 13.0. The summed E-state index contributed by atoms with van der Waals surface area (Å²) in [6.07, 6.45) is 4.11. The van der Waals surface area contributed by atoms with E-state index >= 15 is 0 Å². The van der Waals surface area contributed by atoms with Crippen molar-refractivity contribution in [2.75, 3.05) is 12.3 Å². The minimum atomic E-state index is -0.400. The fourth-order valence-corrected chi connectivity index (χ4v) is 3.58. The summed E-state index contributed by atoms with van der Waals surface area (Å²) < 4.78 is 11.0. The summed E-state index contributed by atoms with van der Waals surface area (Å²) in [7, 11) is 0. The fourth-order valence-electron chi connectivity index (χ4n) is 3.58. The van der Waals surface area contributed by atoms with Crippen molar-refractivity contribution < 1.29 is 19.1 Å². The third-order valence-corrected chi connectivity index (χ3v) is 5.21. The van der Waals surface area contributed by atoms with E-state index in [0.29, 0.717) is 41.2 Å². The van der Waals surface area contributed by atoms with E-state index in [1.807, 2.05) is 30.3 Å². The molecule has 0 bridgehead atoms.